The van der Waals surface area contributed by atoms with Crippen LogP contribution in [0.1, 0.15) is 12.0 Å². The quantitative estimate of drug-likeness (QED) is 0.843. The first kappa shape index (κ1) is 11.2. The van der Waals surface area contributed by atoms with Gasteiger partial charge in [-0.1, -0.05) is 0 Å². The molecule has 0 bridgehead atoms. The lowest BCUT2D eigenvalue weighted by atomic mass is 10.1. The molecule has 0 radical (unpaired) electrons. The standard InChI is InChI=1S/C12H11ClN4O/c13-12-14-4-3-10(17-12)16-9-6-8-2-1-5-18-11(8)15-7-9/h3-4,6-7H,1-2,5H2,(H,14,16,17). The van der Waals surface area contributed by atoms with Gasteiger partial charge in [-0.05, 0) is 36.6 Å². The molecule has 3 heterocycles. The summed E-state index contributed by atoms with van der Waals surface area (Å²) in [7, 11) is 0. The number of fused-ring (bicyclic) bond motifs is 1. The number of rotatable bonds is 2. The molecule has 0 atom stereocenters. The second kappa shape index (κ2) is 4.78. The van der Waals surface area contributed by atoms with Crippen LogP contribution in [0, 0.1) is 0 Å². The Kier molecular flexibility index (Phi) is 2.98. The van der Waals surface area contributed by atoms with Gasteiger partial charge in [-0.15, -0.1) is 0 Å². The van der Waals surface area contributed by atoms with Gasteiger partial charge in [0.25, 0.3) is 0 Å². The molecule has 1 N–H and O–H groups in total. The fourth-order valence-corrected chi connectivity index (χ4v) is 2.01. The van der Waals surface area contributed by atoms with E-state index in [2.05, 4.69) is 20.3 Å². The van der Waals surface area contributed by atoms with Crippen molar-refractivity contribution in [3.63, 3.8) is 0 Å². The molecule has 1 aliphatic rings. The van der Waals surface area contributed by atoms with Crippen LogP contribution in [0.3, 0.4) is 0 Å². The van der Waals surface area contributed by atoms with Gasteiger partial charge < -0.3 is 10.1 Å². The van der Waals surface area contributed by atoms with Crippen LogP contribution < -0.4 is 10.1 Å². The van der Waals surface area contributed by atoms with Crippen LogP contribution in [0.25, 0.3) is 0 Å². The summed E-state index contributed by atoms with van der Waals surface area (Å²) in [6.07, 6.45) is 5.34. The lowest BCUT2D eigenvalue weighted by molar-refractivity contribution is 0.276. The van der Waals surface area contributed by atoms with Crippen molar-refractivity contribution in [2.24, 2.45) is 0 Å². The predicted molar refractivity (Wildman–Crippen MR) is 68.4 cm³/mol. The Morgan fingerprint density at radius 2 is 2.28 bits per heavy atom. The molecule has 5 nitrogen and oxygen atoms in total. The first-order valence-corrected chi connectivity index (χ1v) is 6.06. The third kappa shape index (κ3) is 2.36. The van der Waals surface area contributed by atoms with Crippen molar-refractivity contribution in [2.45, 2.75) is 12.8 Å². The molecule has 0 aliphatic carbocycles. The number of anilines is 2. The summed E-state index contributed by atoms with van der Waals surface area (Å²) >= 11 is 5.73. The highest BCUT2D eigenvalue weighted by Gasteiger charge is 2.12. The molecule has 0 fully saturated rings. The van der Waals surface area contributed by atoms with Crippen LogP contribution in [0.4, 0.5) is 11.5 Å². The molecule has 2 aromatic heterocycles. The zero-order valence-electron chi connectivity index (χ0n) is 9.56. The van der Waals surface area contributed by atoms with Gasteiger partial charge in [0.2, 0.25) is 11.2 Å². The van der Waals surface area contributed by atoms with Crippen LogP contribution in [-0.4, -0.2) is 21.6 Å². The van der Waals surface area contributed by atoms with Crippen LogP contribution in [0.15, 0.2) is 24.5 Å². The number of ether oxygens (including phenoxy) is 1. The van der Waals surface area contributed by atoms with Crippen LogP contribution in [-0.2, 0) is 6.42 Å². The molecule has 2 aromatic rings. The molecule has 6 heteroatoms. The van der Waals surface area contributed by atoms with Gasteiger partial charge in [-0.2, -0.15) is 0 Å². The third-order valence-electron chi connectivity index (χ3n) is 2.65. The van der Waals surface area contributed by atoms with E-state index in [0.29, 0.717) is 5.82 Å². The van der Waals surface area contributed by atoms with E-state index in [-0.39, 0.29) is 5.28 Å². The van der Waals surface area contributed by atoms with Gasteiger partial charge in [-0.25, -0.2) is 15.0 Å². The molecule has 0 amide bonds. The Balaban J connectivity index is 1.85. The van der Waals surface area contributed by atoms with Crippen molar-refractivity contribution in [3.05, 3.63) is 35.4 Å². The van der Waals surface area contributed by atoms with Crippen LogP contribution in [0.5, 0.6) is 5.88 Å². The van der Waals surface area contributed by atoms with E-state index >= 15 is 0 Å². The van der Waals surface area contributed by atoms with Crippen molar-refractivity contribution in [2.75, 3.05) is 11.9 Å². The Bertz CT molecular complexity index is 576. The number of hydrogen-bond donors (Lipinski definition) is 1. The molecular formula is C12H11ClN4O. The third-order valence-corrected chi connectivity index (χ3v) is 2.84. The van der Waals surface area contributed by atoms with Crippen molar-refractivity contribution in [1.82, 2.24) is 15.0 Å². The second-order valence-electron chi connectivity index (χ2n) is 3.98. The summed E-state index contributed by atoms with van der Waals surface area (Å²) in [5.41, 5.74) is 1.99. The molecule has 18 heavy (non-hydrogen) atoms. The monoisotopic (exact) mass is 262 g/mol. The molecule has 0 spiro atoms. The summed E-state index contributed by atoms with van der Waals surface area (Å²) in [6.45, 7) is 0.744. The lowest BCUT2D eigenvalue weighted by Crippen LogP contribution is -2.10. The molecule has 0 aromatic carbocycles. The Morgan fingerprint density at radius 3 is 3.17 bits per heavy atom. The van der Waals surface area contributed by atoms with Gasteiger partial charge in [0.1, 0.15) is 5.82 Å². The smallest absolute Gasteiger partial charge is 0.224 e. The van der Waals surface area contributed by atoms with Crippen LogP contribution in [0.2, 0.25) is 5.28 Å². The maximum Gasteiger partial charge on any atom is 0.224 e. The number of aromatic nitrogens is 3. The van der Waals surface area contributed by atoms with E-state index < -0.39 is 0 Å². The fraction of sp³-hybridized carbons (Fsp3) is 0.250. The normalized spacial score (nSPS) is 13.6. The molecule has 92 valence electrons. The average molecular weight is 263 g/mol. The largest absolute Gasteiger partial charge is 0.477 e. The number of pyridine rings is 1. The minimum absolute atomic E-state index is 0.217. The number of nitrogens with zero attached hydrogens (tertiary/aromatic N) is 3. The zero-order valence-corrected chi connectivity index (χ0v) is 10.3. The van der Waals surface area contributed by atoms with Gasteiger partial charge in [-0.3, -0.25) is 0 Å². The van der Waals surface area contributed by atoms with Crippen molar-refractivity contribution >= 4 is 23.1 Å². The molecule has 0 saturated carbocycles. The van der Waals surface area contributed by atoms with Crippen molar-refractivity contribution in [1.29, 1.82) is 0 Å². The maximum absolute atomic E-state index is 5.73. The summed E-state index contributed by atoms with van der Waals surface area (Å²) < 4.78 is 5.46. The summed E-state index contributed by atoms with van der Waals surface area (Å²) in [6, 6.07) is 3.78. The minimum Gasteiger partial charge on any atom is -0.477 e. The highest BCUT2D eigenvalue weighted by Crippen LogP contribution is 2.25. The molecule has 0 saturated heterocycles. The average Bonchev–Trinajstić information content (AvgIpc) is 2.39. The molecule has 3 rings (SSSR count). The SMILES string of the molecule is Clc1nccc(Nc2cnc3c(c2)CCCO3)n1. The fourth-order valence-electron chi connectivity index (χ4n) is 1.86. The van der Waals surface area contributed by atoms with Crippen molar-refractivity contribution < 1.29 is 4.74 Å². The van der Waals surface area contributed by atoms with Gasteiger partial charge in [0.15, 0.2) is 0 Å². The van der Waals surface area contributed by atoms with Gasteiger partial charge >= 0.3 is 0 Å². The Labute approximate surface area is 109 Å². The number of nitrogens with one attached hydrogen (secondary N) is 1. The number of halogens is 1. The highest BCUT2D eigenvalue weighted by atomic mass is 35.5. The number of hydrogen-bond acceptors (Lipinski definition) is 5. The summed E-state index contributed by atoms with van der Waals surface area (Å²) in [5, 5.41) is 3.36. The summed E-state index contributed by atoms with van der Waals surface area (Å²) in [5.74, 6) is 1.38. The van der Waals surface area contributed by atoms with E-state index in [9.17, 15) is 0 Å². The predicted octanol–water partition coefficient (Wildman–Crippen LogP) is 2.59. The molecule has 0 unspecified atom stereocenters. The molecule has 1 aliphatic heterocycles. The number of aryl methyl sites for hydroxylation is 1. The zero-order chi connectivity index (χ0) is 12.4. The Hall–Kier alpha value is -1.88. The highest BCUT2D eigenvalue weighted by molar-refractivity contribution is 6.28. The van der Waals surface area contributed by atoms with E-state index in [1.807, 2.05) is 6.07 Å². The van der Waals surface area contributed by atoms with Gasteiger partial charge in [0, 0.05) is 11.8 Å². The topological polar surface area (TPSA) is 59.9 Å². The summed E-state index contributed by atoms with van der Waals surface area (Å²) in [4.78, 5) is 12.2. The maximum atomic E-state index is 5.73. The lowest BCUT2D eigenvalue weighted by Gasteiger charge is -2.16. The van der Waals surface area contributed by atoms with Gasteiger partial charge in [0.05, 0.1) is 18.5 Å². The minimum atomic E-state index is 0.217. The Morgan fingerprint density at radius 1 is 1.33 bits per heavy atom. The van der Waals surface area contributed by atoms with E-state index in [4.69, 9.17) is 16.3 Å². The van der Waals surface area contributed by atoms with E-state index in [1.54, 1.807) is 18.5 Å². The van der Waals surface area contributed by atoms with Crippen LogP contribution >= 0.6 is 11.6 Å². The van der Waals surface area contributed by atoms with E-state index in [0.717, 1.165) is 36.6 Å². The molecular weight excluding hydrogens is 252 g/mol. The first-order valence-electron chi connectivity index (χ1n) is 5.68. The van der Waals surface area contributed by atoms with E-state index in [1.165, 1.54) is 0 Å². The van der Waals surface area contributed by atoms with Crippen molar-refractivity contribution in [3.8, 4) is 5.88 Å². The second-order valence-corrected chi connectivity index (χ2v) is 4.31. The first-order chi connectivity index (χ1) is 8.81.